The fourth-order valence-electron chi connectivity index (χ4n) is 1.38. The molecule has 0 atom stereocenters. The van der Waals surface area contributed by atoms with E-state index >= 15 is 0 Å². The monoisotopic (exact) mass is 145 g/mol. The van der Waals surface area contributed by atoms with Crippen LogP contribution >= 0.6 is 0 Å². The molecule has 1 rings (SSSR count). The number of ether oxygens (including phenoxy) is 1. The number of likely N-dealkylation sites (N-methyl/N-ethyl adjacent to an activating group) is 1. The molecular weight excluding hydrogens is 128 g/mol. The van der Waals surface area contributed by atoms with Crippen LogP contribution in [-0.2, 0) is 4.74 Å². The number of hydrogen-bond acceptors (Lipinski definition) is 2. The summed E-state index contributed by atoms with van der Waals surface area (Å²) in [5.41, 5.74) is 0. The van der Waals surface area contributed by atoms with Gasteiger partial charge in [-0.25, -0.2) is 0 Å². The van der Waals surface area contributed by atoms with Crippen LogP contribution < -0.4 is 5.32 Å². The van der Waals surface area contributed by atoms with Crippen LogP contribution in [0.1, 0.15) is 0 Å². The van der Waals surface area contributed by atoms with Crippen LogP contribution in [0.15, 0.2) is 0 Å². The second-order valence-electron chi connectivity index (χ2n) is 3.23. The Balaban J connectivity index is 2.32. The first-order valence-electron chi connectivity index (χ1n) is 3.80. The largest absolute Gasteiger partial charge is 0.335 e. The van der Waals surface area contributed by atoms with Crippen molar-refractivity contribution < 1.29 is 9.22 Å². The molecule has 1 N–H and O–H groups in total. The highest BCUT2D eigenvalue weighted by Gasteiger charge is 2.23. The minimum absolute atomic E-state index is 0.849. The molecule has 3 heteroatoms. The van der Waals surface area contributed by atoms with E-state index in [1.165, 1.54) is 13.1 Å². The number of rotatable bonds is 2. The van der Waals surface area contributed by atoms with Crippen LogP contribution in [-0.4, -0.2) is 51.6 Å². The van der Waals surface area contributed by atoms with Crippen molar-refractivity contribution in [3.8, 4) is 0 Å². The second kappa shape index (κ2) is 3.32. The summed E-state index contributed by atoms with van der Waals surface area (Å²) in [6.45, 7) is 5.48. The van der Waals surface area contributed by atoms with E-state index in [0.717, 1.165) is 24.3 Å². The average Bonchev–Trinajstić information content (AvgIpc) is 1.89. The smallest absolute Gasteiger partial charge is 0.182 e. The lowest BCUT2D eigenvalue weighted by Crippen LogP contribution is -2.56. The Morgan fingerprint density at radius 1 is 1.40 bits per heavy atom. The van der Waals surface area contributed by atoms with Crippen LogP contribution in [0.3, 0.4) is 0 Å². The molecule has 0 aromatic heterocycles. The molecule has 0 aromatic rings. The van der Waals surface area contributed by atoms with Crippen molar-refractivity contribution in [3.63, 3.8) is 0 Å². The van der Waals surface area contributed by atoms with E-state index in [4.69, 9.17) is 4.74 Å². The predicted octanol–water partition coefficient (Wildman–Crippen LogP) is -0.360. The van der Waals surface area contributed by atoms with Crippen LogP contribution in [0, 0.1) is 0 Å². The zero-order chi connectivity index (χ0) is 7.45. The molecule has 0 aliphatic carbocycles. The van der Waals surface area contributed by atoms with Gasteiger partial charge in [0.15, 0.2) is 6.73 Å². The molecule has 60 valence electrons. The molecule has 1 saturated heterocycles. The van der Waals surface area contributed by atoms with Gasteiger partial charge >= 0.3 is 0 Å². The summed E-state index contributed by atoms with van der Waals surface area (Å²) in [5.74, 6) is 0. The molecule has 1 aliphatic heterocycles. The van der Waals surface area contributed by atoms with Gasteiger partial charge in [-0.15, -0.1) is 0 Å². The Labute approximate surface area is 62.6 Å². The highest BCUT2D eigenvalue weighted by molar-refractivity contribution is 4.52. The van der Waals surface area contributed by atoms with Gasteiger partial charge in [0.05, 0.1) is 20.1 Å². The van der Waals surface area contributed by atoms with Gasteiger partial charge in [0.1, 0.15) is 0 Å². The summed E-state index contributed by atoms with van der Waals surface area (Å²) in [4.78, 5) is 0. The predicted molar refractivity (Wildman–Crippen MR) is 40.7 cm³/mol. The molecule has 0 amide bonds. The Hall–Kier alpha value is -0.120. The lowest BCUT2D eigenvalue weighted by Gasteiger charge is -2.36. The van der Waals surface area contributed by atoms with Gasteiger partial charge in [-0.3, -0.25) is 0 Å². The van der Waals surface area contributed by atoms with E-state index in [9.17, 15) is 0 Å². The molecule has 1 fully saturated rings. The lowest BCUT2D eigenvalue weighted by atomic mass is 10.3. The van der Waals surface area contributed by atoms with Crippen molar-refractivity contribution in [3.05, 3.63) is 0 Å². The minimum Gasteiger partial charge on any atom is -0.335 e. The van der Waals surface area contributed by atoms with Gasteiger partial charge in [0.2, 0.25) is 0 Å². The SMILES string of the molecule is COC[N+]1(C)CCNCC1. The van der Waals surface area contributed by atoms with E-state index in [-0.39, 0.29) is 0 Å². The Morgan fingerprint density at radius 3 is 2.50 bits per heavy atom. The molecule has 0 saturated carbocycles. The molecule has 0 spiro atoms. The number of nitrogens with one attached hydrogen (secondary N) is 1. The molecule has 0 unspecified atom stereocenters. The van der Waals surface area contributed by atoms with Crippen LogP contribution in [0.5, 0.6) is 0 Å². The maximum Gasteiger partial charge on any atom is 0.182 e. The van der Waals surface area contributed by atoms with E-state index in [1.807, 2.05) is 0 Å². The first kappa shape index (κ1) is 7.98. The first-order valence-corrected chi connectivity index (χ1v) is 3.80. The molecule has 3 nitrogen and oxygen atoms in total. The minimum atomic E-state index is 0.849. The molecule has 0 bridgehead atoms. The molecule has 0 radical (unpaired) electrons. The van der Waals surface area contributed by atoms with Gasteiger partial charge < -0.3 is 14.5 Å². The quantitative estimate of drug-likeness (QED) is 0.536. The van der Waals surface area contributed by atoms with Crippen LogP contribution in [0.25, 0.3) is 0 Å². The number of quaternary nitrogens is 1. The van der Waals surface area contributed by atoms with Gasteiger partial charge in [-0.2, -0.15) is 0 Å². The highest BCUT2D eigenvalue weighted by Crippen LogP contribution is 2.02. The van der Waals surface area contributed by atoms with E-state index in [1.54, 1.807) is 7.11 Å². The van der Waals surface area contributed by atoms with Crippen molar-refractivity contribution in [1.29, 1.82) is 0 Å². The maximum absolute atomic E-state index is 5.13. The maximum atomic E-state index is 5.13. The summed E-state index contributed by atoms with van der Waals surface area (Å²) < 4.78 is 6.19. The third-order valence-corrected chi connectivity index (χ3v) is 2.10. The Kier molecular flexibility index (Phi) is 2.65. The summed E-state index contributed by atoms with van der Waals surface area (Å²) in [7, 11) is 4.01. The third-order valence-electron chi connectivity index (χ3n) is 2.10. The second-order valence-corrected chi connectivity index (χ2v) is 3.23. The first-order chi connectivity index (χ1) is 4.77. The van der Waals surface area contributed by atoms with Gasteiger partial charge in [-0.05, 0) is 0 Å². The number of hydrogen-bond donors (Lipinski definition) is 1. The van der Waals surface area contributed by atoms with Gasteiger partial charge in [-0.1, -0.05) is 0 Å². The molecule has 10 heavy (non-hydrogen) atoms. The van der Waals surface area contributed by atoms with Crippen molar-refractivity contribution in [2.24, 2.45) is 0 Å². The molecular formula is C7H17N2O+. The summed E-state index contributed by atoms with van der Waals surface area (Å²) >= 11 is 0. The number of methoxy groups -OCH3 is 1. The fourth-order valence-corrected chi connectivity index (χ4v) is 1.38. The van der Waals surface area contributed by atoms with Gasteiger partial charge in [0, 0.05) is 20.2 Å². The van der Waals surface area contributed by atoms with Crippen molar-refractivity contribution in [2.45, 2.75) is 0 Å². The highest BCUT2D eigenvalue weighted by atomic mass is 16.5. The topological polar surface area (TPSA) is 21.3 Å². The van der Waals surface area contributed by atoms with E-state index in [2.05, 4.69) is 12.4 Å². The summed E-state index contributed by atoms with van der Waals surface area (Å²) in [5, 5.41) is 3.33. The normalized spacial score (nSPS) is 24.6. The van der Waals surface area contributed by atoms with Crippen LogP contribution in [0.4, 0.5) is 0 Å². The third kappa shape index (κ3) is 1.94. The van der Waals surface area contributed by atoms with E-state index < -0.39 is 0 Å². The standard InChI is InChI=1S/C7H17N2O/c1-9(7-10-2)5-3-8-4-6-9/h8H,3-7H2,1-2H3/q+1. The van der Waals surface area contributed by atoms with Crippen molar-refractivity contribution in [1.82, 2.24) is 5.32 Å². The fraction of sp³-hybridized carbons (Fsp3) is 1.00. The molecule has 0 aromatic carbocycles. The number of nitrogens with zero attached hydrogens (tertiary/aromatic N) is 1. The average molecular weight is 145 g/mol. The molecule has 1 heterocycles. The zero-order valence-corrected chi connectivity index (χ0v) is 6.89. The van der Waals surface area contributed by atoms with Crippen molar-refractivity contribution >= 4 is 0 Å². The zero-order valence-electron chi connectivity index (χ0n) is 6.89. The Bertz CT molecular complexity index is 94.3. The van der Waals surface area contributed by atoms with E-state index in [0.29, 0.717) is 0 Å². The van der Waals surface area contributed by atoms with Gasteiger partial charge in [0.25, 0.3) is 0 Å². The summed E-state index contributed by atoms with van der Waals surface area (Å²) in [6.07, 6.45) is 0. The number of piperazine rings is 1. The van der Waals surface area contributed by atoms with Crippen LogP contribution in [0.2, 0.25) is 0 Å². The Morgan fingerprint density at radius 2 is 2.00 bits per heavy atom. The summed E-state index contributed by atoms with van der Waals surface area (Å²) in [6, 6.07) is 0. The molecule has 1 aliphatic rings. The lowest BCUT2D eigenvalue weighted by molar-refractivity contribution is -0.928. The van der Waals surface area contributed by atoms with Crippen molar-refractivity contribution in [2.75, 3.05) is 47.1 Å².